The zero-order valence-corrected chi connectivity index (χ0v) is 10.6. The summed E-state index contributed by atoms with van der Waals surface area (Å²) < 4.78 is 1.70. The van der Waals surface area contributed by atoms with Crippen LogP contribution in [0.15, 0.2) is 5.16 Å². The molecule has 1 heterocycles. The standard InChI is InChI=1S/C9H19N5S/c1-5-7(2)8(10-3)6-15-9-11-12-13-14(9)4/h7-8,10H,5-6H2,1-4H3. The SMILES string of the molecule is CCC(C)C(CSc1nnnn1C)NC. The fraction of sp³-hybridized carbons (Fsp3) is 0.889. The molecule has 0 aliphatic rings. The summed E-state index contributed by atoms with van der Waals surface area (Å²) in [6, 6.07) is 0.511. The van der Waals surface area contributed by atoms with Gasteiger partial charge in [0.2, 0.25) is 5.16 Å². The number of tetrazole rings is 1. The molecule has 0 saturated heterocycles. The molecule has 0 aromatic carbocycles. The summed E-state index contributed by atoms with van der Waals surface area (Å²) in [7, 11) is 3.87. The van der Waals surface area contributed by atoms with Gasteiger partial charge in [0, 0.05) is 18.8 Å². The summed E-state index contributed by atoms with van der Waals surface area (Å²) in [5.74, 6) is 1.67. The predicted octanol–water partition coefficient (Wildman–Crippen LogP) is 0.936. The zero-order valence-electron chi connectivity index (χ0n) is 9.77. The Kier molecular flexibility index (Phi) is 5.04. The van der Waals surface area contributed by atoms with Crippen LogP contribution in [-0.2, 0) is 7.05 Å². The molecular formula is C9H19N5S. The monoisotopic (exact) mass is 229 g/mol. The predicted molar refractivity (Wildman–Crippen MR) is 61.8 cm³/mol. The van der Waals surface area contributed by atoms with Crippen molar-refractivity contribution in [3.8, 4) is 0 Å². The molecule has 0 amide bonds. The van der Waals surface area contributed by atoms with Gasteiger partial charge in [-0.3, -0.25) is 0 Å². The number of nitrogens with zero attached hydrogens (tertiary/aromatic N) is 4. The smallest absolute Gasteiger partial charge is 0.209 e. The van der Waals surface area contributed by atoms with Crippen molar-refractivity contribution < 1.29 is 0 Å². The first kappa shape index (κ1) is 12.4. The van der Waals surface area contributed by atoms with Crippen LogP contribution in [0.2, 0.25) is 0 Å². The lowest BCUT2D eigenvalue weighted by molar-refractivity contribution is 0.420. The van der Waals surface area contributed by atoms with Crippen molar-refractivity contribution in [3.05, 3.63) is 0 Å². The summed E-state index contributed by atoms with van der Waals surface area (Å²) in [4.78, 5) is 0. The van der Waals surface area contributed by atoms with Crippen LogP contribution >= 0.6 is 11.8 Å². The fourth-order valence-electron chi connectivity index (χ4n) is 1.32. The van der Waals surface area contributed by atoms with Crippen molar-refractivity contribution in [1.82, 2.24) is 25.5 Å². The van der Waals surface area contributed by atoms with Gasteiger partial charge in [-0.1, -0.05) is 32.0 Å². The minimum Gasteiger partial charge on any atom is -0.316 e. The van der Waals surface area contributed by atoms with Crippen LogP contribution in [0.25, 0.3) is 0 Å². The molecule has 15 heavy (non-hydrogen) atoms. The molecule has 6 heteroatoms. The Morgan fingerprint density at radius 3 is 2.73 bits per heavy atom. The maximum atomic E-state index is 3.94. The third-order valence-corrected chi connectivity index (χ3v) is 3.80. The molecule has 0 aliphatic heterocycles. The number of hydrogen-bond donors (Lipinski definition) is 1. The van der Waals surface area contributed by atoms with Gasteiger partial charge in [-0.05, 0) is 23.4 Å². The molecule has 0 spiro atoms. The van der Waals surface area contributed by atoms with Gasteiger partial charge in [-0.15, -0.1) is 5.10 Å². The Hall–Kier alpha value is -0.620. The molecule has 0 saturated carbocycles. The van der Waals surface area contributed by atoms with E-state index in [0.29, 0.717) is 12.0 Å². The van der Waals surface area contributed by atoms with E-state index in [1.807, 2.05) is 14.1 Å². The van der Waals surface area contributed by atoms with Crippen molar-refractivity contribution in [3.63, 3.8) is 0 Å². The van der Waals surface area contributed by atoms with E-state index in [4.69, 9.17) is 0 Å². The molecule has 86 valence electrons. The Balaban J connectivity index is 2.44. The van der Waals surface area contributed by atoms with Crippen LogP contribution in [0.1, 0.15) is 20.3 Å². The Labute approximate surface area is 95.0 Å². The fourth-order valence-corrected chi connectivity index (χ4v) is 2.47. The average Bonchev–Trinajstić information content (AvgIpc) is 2.65. The highest BCUT2D eigenvalue weighted by Crippen LogP contribution is 2.18. The second-order valence-corrected chi connectivity index (χ2v) is 4.66. The topological polar surface area (TPSA) is 55.6 Å². The summed E-state index contributed by atoms with van der Waals surface area (Å²) >= 11 is 1.69. The van der Waals surface area contributed by atoms with Gasteiger partial charge < -0.3 is 5.32 Å². The lowest BCUT2D eigenvalue weighted by Gasteiger charge is -2.21. The molecular weight excluding hydrogens is 210 g/mol. The molecule has 1 N–H and O–H groups in total. The second-order valence-electron chi connectivity index (χ2n) is 3.68. The molecule has 1 aromatic rings. The van der Waals surface area contributed by atoms with E-state index in [1.165, 1.54) is 6.42 Å². The van der Waals surface area contributed by atoms with Crippen LogP contribution in [0.5, 0.6) is 0 Å². The highest BCUT2D eigenvalue weighted by molar-refractivity contribution is 7.99. The van der Waals surface area contributed by atoms with E-state index in [2.05, 4.69) is 34.7 Å². The molecule has 1 rings (SSSR count). The Bertz CT molecular complexity index is 288. The quantitative estimate of drug-likeness (QED) is 0.736. The maximum Gasteiger partial charge on any atom is 0.209 e. The molecule has 0 aliphatic carbocycles. The third kappa shape index (κ3) is 3.46. The van der Waals surface area contributed by atoms with Crippen LogP contribution in [0.3, 0.4) is 0 Å². The number of nitrogens with one attached hydrogen (secondary N) is 1. The Morgan fingerprint density at radius 1 is 1.53 bits per heavy atom. The summed E-state index contributed by atoms with van der Waals surface area (Å²) in [6.45, 7) is 4.47. The minimum atomic E-state index is 0.511. The highest BCUT2D eigenvalue weighted by Gasteiger charge is 2.15. The molecule has 0 bridgehead atoms. The van der Waals surface area contributed by atoms with Crippen molar-refractivity contribution >= 4 is 11.8 Å². The van der Waals surface area contributed by atoms with Gasteiger partial charge in [0.05, 0.1) is 0 Å². The summed E-state index contributed by atoms with van der Waals surface area (Å²) in [5.41, 5.74) is 0. The van der Waals surface area contributed by atoms with Gasteiger partial charge in [-0.25, -0.2) is 4.68 Å². The minimum absolute atomic E-state index is 0.511. The van der Waals surface area contributed by atoms with E-state index in [1.54, 1.807) is 16.4 Å². The van der Waals surface area contributed by atoms with E-state index in [9.17, 15) is 0 Å². The van der Waals surface area contributed by atoms with Crippen LogP contribution < -0.4 is 5.32 Å². The van der Waals surface area contributed by atoms with E-state index < -0.39 is 0 Å². The van der Waals surface area contributed by atoms with Gasteiger partial charge in [0.1, 0.15) is 0 Å². The van der Waals surface area contributed by atoms with Crippen molar-refractivity contribution in [1.29, 1.82) is 0 Å². The maximum absolute atomic E-state index is 3.94. The van der Waals surface area contributed by atoms with E-state index >= 15 is 0 Å². The first-order chi connectivity index (χ1) is 7.19. The number of aromatic nitrogens is 4. The second kappa shape index (κ2) is 6.07. The number of hydrogen-bond acceptors (Lipinski definition) is 5. The molecule has 0 radical (unpaired) electrons. The molecule has 5 nitrogen and oxygen atoms in total. The van der Waals surface area contributed by atoms with Gasteiger partial charge in [0.15, 0.2) is 0 Å². The van der Waals surface area contributed by atoms with Crippen LogP contribution in [-0.4, -0.2) is 39.0 Å². The van der Waals surface area contributed by atoms with Gasteiger partial charge in [-0.2, -0.15) is 0 Å². The van der Waals surface area contributed by atoms with Crippen molar-refractivity contribution in [2.75, 3.05) is 12.8 Å². The zero-order chi connectivity index (χ0) is 11.3. The number of thioether (sulfide) groups is 1. The van der Waals surface area contributed by atoms with Gasteiger partial charge >= 0.3 is 0 Å². The summed E-state index contributed by atoms with van der Waals surface area (Å²) in [5, 5.41) is 15.6. The van der Waals surface area contributed by atoms with E-state index in [0.717, 1.165) is 10.9 Å². The van der Waals surface area contributed by atoms with Crippen molar-refractivity contribution in [2.24, 2.45) is 13.0 Å². The number of rotatable bonds is 6. The molecule has 1 aromatic heterocycles. The first-order valence-corrected chi connectivity index (χ1v) is 6.20. The highest BCUT2D eigenvalue weighted by atomic mass is 32.2. The summed E-state index contributed by atoms with van der Waals surface area (Å²) in [6.07, 6.45) is 1.18. The van der Waals surface area contributed by atoms with Gasteiger partial charge in [0.25, 0.3) is 0 Å². The first-order valence-electron chi connectivity index (χ1n) is 5.21. The lowest BCUT2D eigenvalue weighted by Crippen LogP contribution is -2.34. The number of aryl methyl sites for hydroxylation is 1. The third-order valence-electron chi connectivity index (χ3n) is 2.67. The Morgan fingerprint density at radius 2 is 2.27 bits per heavy atom. The lowest BCUT2D eigenvalue weighted by atomic mass is 10.0. The van der Waals surface area contributed by atoms with Crippen LogP contribution in [0.4, 0.5) is 0 Å². The molecule has 0 fully saturated rings. The normalized spacial score (nSPS) is 15.2. The molecule has 2 atom stereocenters. The van der Waals surface area contributed by atoms with Crippen molar-refractivity contribution in [2.45, 2.75) is 31.5 Å². The largest absolute Gasteiger partial charge is 0.316 e. The average molecular weight is 229 g/mol. The van der Waals surface area contributed by atoms with Crippen LogP contribution in [0, 0.1) is 5.92 Å². The van der Waals surface area contributed by atoms with E-state index in [-0.39, 0.29) is 0 Å². The molecule has 2 unspecified atom stereocenters.